The highest BCUT2D eigenvalue weighted by atomic mass is 35.5. The SMILES string of the molecule is CN(C)C1CCCN(C(=O)c2cnc(Cl)c(Cl)c2)C1. The summed E-state index contributed by atoms with van der Waals surface area (Å²) in [5.74, 6) is -0.0300. The molecule has 1 saturated heterocycles. The molecule has 1 aromatic heterocycles. The topological polar surface area (TPSA) is 36.4 Å². The molecular weight excluding hydrogens is 285 g/mol. The Hall–Kier alpha value is -0.840. The molecule has 1 unspecified atom stereocenters. The van der Waals surface area contributed by atoms with E-state index >= 15 is 0 Å². The molecule has 1 fully saturated rings. The Labute approximate surface area is 123 Å². The van der Waals surface area contributed by atoms with Gasteiger partial charge in [-0.1, -0.05) is 23.2 Å². The van der Waals surface area contributed by atoms with Crippen LogP contribution in [0.25, 0.3) is 0 Å². The number of hydrogen-bond donors (Lipinski definition) is 0. The van der Waals surface area contributed by atoms with Crippen molar-refractivity contribution in [2.75, 3.05) is 27.2 Å². The summed E-state index contributed by atoms with van der Waals surface area (Å²) in [6.45, 7) is 1.52. The number of carbonyl (C=O) groups is 1. The third-order valence-electron chi connectivity index (χ3n) is 3.46. The lowest BCUT2D eigenvalue weighted by Crippen LogP contribution is -2.47. The lowest BCUT2D eigenvalue weighted by molar-refractivity contribution is 0.0634. The van der Waals surface area contributed by atoms with E-state index in [9.17, 15) is 4.79 Å². The third-order valence-corrected chi connectivity index (χ3v) is 4.14. The Morgan fingerprint density at radius 2 is 2.21 bits per heavy atom. The molecule has 0 bridgehead atoms. The standard InChI is InChI=1S/C13H17Cl2N3O/c1-17(2)10-4-3-5-18(8-10)13(19)9-6-11(14)12(15)16-7-9/h6-7,10H,3-5,8H2,1-2H3. The van der Waals surface area contributed by atoms with Gasteiger partial charge in [-0.3, -0.25) is 4.79 Å². The van der Waals surface area contributed by atoms with Crippen LogP contribution in [0.2, 0.25) is 10.2 Å². The number of nitrogens with zero attached hydrogens (tertiary/aromatic N) is 3. The molecular formula is C13H17Cl2N3O. The molecule has 0 radical (unpaired) electrons. The van der Waals surface area contributed by atoms with Gasteiger partial charge in [0, 0.05) is 25.3 Å². The van der Waals surface area contributed by atoms with Crippen molar-refractivity contribution < 1.29 is 4.79 Å². The molecule has 1 aliphatic heterocycles. The zero-order valence-corrected chi connectivity index (χ0v) is 12.6. The average molecular weight is 302 g/mol. The fraction of sp³-hybridized carbons (Fsp3) is 0.538. The molecule has 1 amide bonds. The van der Waals surface area contributed by atoms with E-state index in [0.717, 1.165) is 25.9 Å². The molecule has 19 heavy (non-hydrogen) atoms. The first-order valence-corrected chi connectivity index (χ1v) is 7.01. The first-order valence-electron chi connectivity index (χ1n) is 6.26. The average Bonchev–Trinajstić information content (AvgIpc) is 2.41. The Morgan fingerprint density at radius 1 is 1.47 bits per heavy atom. The summed E-state index contributed by atoms with van der Waals surface area (Å²) in [5, 5.41) is 0.539. The second-order valence-electron chi connectivity index (χ2n) is 5.01. The summed E-state index contributed by atoms with van der Waals surface area (Å²) < 4.78 is 0. The van der Waals surface area contributed by atoms with Crippen molar-refractivity contribution in [2.24, 2.45) is 0 Å². The van der Waals surface area contributed by atoms with Crippen LogP contribution in [-0.4, -0.2) is 53.9 Å². The number of amides is 1. The number of halogens is 2. The van der Waals surface area contributed by atoms with Gasteiger partial charge in [0.05, 0.1) is 10.6 Å². The Kier molecular flexibility index (Phi) is 4.66. The highest BCUT2D eigenvalue weighted by molar-refractivity contribution is 6.41. The van der Waals surface area contributed by atoms with Crippen molar-refractivity contribution in [3.05, 3.63) is 28.0 Å². The van der Waals surface area contributed by atoms with Crippen molar-refractivity contribution >= 4 is 29.1 Å². The molecule has 0 N–H and O–H groups in total. The number of pyridine rings is 1. The largest absolute Gasteiger partial charge is 0.337 e. The van der Waals surface area contributed by atoms with Gasteiger partial charge in [0.15, 0.2) is 0 Å². The fourth-order valence-electron chi connectivity index (χ4n) is 2.28. The highest BCUT2D eigenvalue weighted by Crippen LogP contribution is 2.22. The lowest BCUT2D eigenvalue weighted by Gasteiger charge is -2.36. The van der Waals surface area contributed by atoms with Crippen LogP contribution >= 0.6 is 23.2 Å². The number of rotatable bonds is 2. The number of aromatic nitrogens is 1. The van der Waals surface area contributed by atoms with E-state index in [0.29, 0.717) is 16.6 Å². The number of likely N-dealkylation sites (tertiary alicyclic amines) is 1. The van der Waals surface area contributed by atoms with Gasteiger partial charge in [-0.05, 0) is 33.0 Å². The van der Waals surface area contributed by atoms with Gasteiger partial charge >= 0.3 is 0 Å². The summed E-state index contributed by atoms with van der Waals surface area (Å²) >= 11 is 11.7. The first kappa shape index (κ1) is 14.6. The smallest absolute Gasteiger partial charge is 0.255 e. The van der Waals surface area contributed by atoms with Gasteiger partial charge < -0.3 is 9.80 Å². The molecule has 4 nitrogen and oxygen atoms in total. The monoisotopic (exact) mass is 301 g/mol. The van der Waals surface area contributed by atoms with E-state index in [1.807, 2.05) is 19.0 Å². The zero-order chi connectivity index (χ0) is 14.0. The molecule has 2 rings (SSSR count). The van der Waals surface area contributed by atoms with E-state index < -0.39 is 0 Å². The number of carbonyl (C=O) groups excluding carboxylic acids is 1. The van der Waals surface area contributed by atoms with Gasteiger partial charge in [-0.25, -0.2) is 4.98 Å². The minimum Gasteiger partial charge on any atom is -0.337 e. The lowest BCUT2D eigenvalue weighted by atomic mass is 10.0. The van der Waals surface area contributed by atoms with Crippen LogP contribution in [0, 0.1) is 0 Å². The van der Waals surface area contributed by atoms with E-state index in [2.05, 4.69) is 9.88 Å². The van der Waals surface area contributed by atoms with Crippen molar-refractivity contribution in [1.82, 2.24) is 14.8 Å². The van der Waals surface area contributed by atoms with Crippen molar-refractivity contribution in [3.8, 4) is 0 Å². The van der Waals surface area contributed by atoms with Crippen molar-refractivity contribution in [2.45, 2.75) is 18.9 Å². The second kappa shape index (κ2) is 6.07. The van der Waals surface area contributed by atoms with E-state index in [1.165, 1.54) is 6.20 Å². The summed E-state index contributed by atoms with van der Waals surface area (Å²) in [4.78, 5) is 20.3. The molecule has 6 heteroatoms. The minimum absolute atomic E-state index is 0.0300. The van der Waals surface area contributed by atoms with Crippen LogP contribution in [0.5, 0.6) is 0 Å². The maximum Gasteiger partial charge on any atom is 0.255 e. The van der Waals surface area contributed by atoms with Crippen LogP contribution < -0.4 is 0 Å². The third kappa shape index (κ3) is 3.38. The number of likely N-dealkylation sites (N-methyl/N-ethyl adjacent to an activating group) is 1. The normalized spacial score (nSPS) is 19.8. The number of hydrogen-bond acceptors (Lipinski definition) is 3. The van der Waals surface area contributed by atoms with E-state index in [4.69, 9.17) is 23.2 Å². The molecule has 1 atom stereocenters. The minimum atomic E-state index is -0.0300. The molecule has 0 spiro atoms. The van der Waals surface area contributed by atoms with Crippen LogP contribution in [0.15, 0.2) is 12.3 Å². The Balaban J connectivity index is 2.12. The molecule has 2 heterocycles. The van der Waals surface area contributed by atoms with Crippen LogP contribution in [0.4, 0.5) is 0 Å². The molecule has 0 aromatic carbocycles. The molecule has 1 aromatic rings. The summed E-state index contributed by atoms with van der Waals surface area (Å²) in [5.41, 5.74) is 0.494. The quantitative estimate of drug-likeness (QED) is 0.788. The zero-order valence-electron chi connectivity index (χ0n) is 11.1. The summed E-state index contributed by atoms with van der Waals surface area (Å²) in [6, 6.07) is 1.99. The second-order valence-corrected chi connectivity index (χ2v) is 5.77. The predicted octanol–water partition coefficient (Wildman–Crippen LogP) is 2.55. The molecule has 0 saturated carbocycles. The van der Waals surface area contributed by atoms with Gasteiger partial charge in [0.1, 0.15) is 5.15 Å². The van der Waals surface area contributed by atoms with Crippen LogP contribution in [0.3, 0.4) is 0 Å². The van der Waals surface area contributed by atoms with E-state index in [1.54, 1.807) is 6.07 Å². The Bertz CT molecular complexity index is 479. The summed E-state index contributed by atoms with van der Waals surface area (Å²) in [7, 11) is 4.08. The van der Waals surface area contributed by atoms with Crippen LogP contribution in [-0.2, 0) is 0 Å². The number of piperidine rings is 1. The van der Waals surface area contributed by atoms with E-state index in [-0.39, 0.29) is 11.1 Å². The molecule has 0 aliphatic carbocycles. The van der Waals surface area contributed by atoms with Crippen molar-refractivity contribution in [1.29, 1.82) is 0 Å². The fourth-order valence-corrected chi connectivity index (χ4v) is 2.55. The van der Waals surface area contributed by atoms with Gasteiger partial charge in [-0.2, -0.15) is 0 Å². The maximum absolute atomic E-state index is 12.4. The molecule has 1 aliphatic rings. The van der Waals surface area contributed by atoms with Crippen LogP contribution in [0.1, 0.15) is 23.2 Å². The van der Waals surface area contributed by atoms with Gasteiger partial charge in [0.2, 0.25) is 0 Å². The van der Waals surface area contributed by atoms with Gasteiger partial charge in [-0.15, -0.1) is 0 Å². The molecule has 104 valence electrons. The predicted molar refractivity (Wildman–Crippen MR) is 76.9 cm³/mol. The first-order chi connectivity index (χ1) is 8.99. The maximum atomic E-state index is 12.4. The highest BCUT2D eigenvalue weighted by Gasteiger charge is 2.25. The van der Waals surface area contributed by atoms with Crippen molar-refractivity contribution in [3.63, 3.8) is 0 Å². The van der Waals surface area contributed by atoms with Gasteiger partial charge in [0.25, 0.3) is 5.91 Å². The Morgan fingerprint density at radius 3 is 2.84 bits per heavy atom. The summed E-state index contributed by atoms with van der Waals surface area (Å²) in [6.07, 6.45) is 3.62.